The van der Waals surface area contributed by atoms with E-state index in [0.29, 0.717) is 30.2 Å². The zero-order chi connectivity index (χ0) is 18.3. The molecule has 3 aliphatic heterocycles. The normalized spacial score (nSPS) is 31.9. The lowest BCUT2D eigenvalue weighted by Gasteiger charge is -2.29. The number of likely N-dealkylation sites (tertiary alicyclic amines) is 1. The van der Waals surface area contributed by atoms with Crippen LogP contribution < -0.4 is 5.32 Å². The number of benzene rings is 1. The maximum atomic E-state index is 12.4. The molecule has 0 radical (unpaired) electrons. The summed E-state index contributed by atoms with van der Waals surface area (Å²) in [5.41, 5.74) is 0.319. The second-order valence-corrected chi connectivity index (χ2v) is 7.89. The fourth-order valence-corrected chi connectivity index (χ4v) is 5.00. The summed E-state index contributed by atoms with van der Waals surface area (Å²) in [6.45, 7) is 1.96. The second-order valence-electron chi connectivity index (χ2n) is 7.46. The molecule has 0 saturated carbocycles. The Morgan fingerprint density at radius 1 is 1.46 bits per heavy atom. The molecule has 1 N–H and O–H groups in total. The molecule has 1 aromatic carbocycles. The zero-order valence-electron chi connectivity index (χ0n) is 14.7. The van der Waals surface area contributed by atoms with Crippen LogP contribution in [0.15, 0.2) is 24.3 Å². The molecule has 6 nitrogen and oxygen atoms in total. The van der Waals surface area contributed by atoms with Crippen molar-refractivity contribution in [3.8, 4) is 0 Å². The summed E-state index contributed by atoms with van der Waals surface area (Å²) < 4.78 is 11.3. The van der Waals surface area contributed by atoms with Crippen LogP contribution >= 0.6 is 11.6 Å². The summed E-state index contributed by atoms with van der Waals surface area (Å²) in [5.74, 6) is 0.369. The summed E-state index contributed by atoms with van der Waals surface area (Å²) in [6.07, 6.45) is 2.14. The molecule has 3 fully saturated rings. The van der Waals surface area contributed by atoms with Crippen LogP contribution in [0, 0.1) is 11.8 Å². The number of amides is 2. The second kappa shape index (κ2) is 6.83. The Hall–Kier alpha value is -1.63. The number of fused-ring (bicyclic) bond motifs is 1. The molecule has 3 heterocycles. The van der Waals surface area contributed by atoms with Crippen LogP contribution in [0.2, 0.25) is 5.02 Å². The lowest BCUT2D eigenvalue weighted by Crippen LogP contribution is -2.41. The van der Waals surface area contributed by atoms with Crippen LogP contribution in [-0.4, -0.2) is 61.8 Å². The van der Waals surface area contributed by atoms with Gasteiger partial charge in [-0.15, -0.1) is 0 Å². The highest BCUT2D eigenvalue weighted by molar-refractivity contribution is 6.30. The third kappa shape index (κ3) is 3.00. The third-order valence-electron chi connectivity index (χ3n) is 5.99. The molecule has 7 heteroatoms. The third-order valence-corrected chi connectivity index (χ3v) is 6.22. The molecule has 4 atom stereocenters. The Morgan fingerprint density at radius 2 is 2.31 bits per heavy atom. The van der Waals surface area contributed by atoms with Gasteiger partial charge in [0.05, 0.1) is 18.2 Å². The minimum atomic E-state index is -0.237. The molecule has 140 valence electrons. The lowest BCUT2D eigenvalue weighted by atomic mass is 9.73. The van der Waals surface area contributed by atoms with E-state index in [0.717, 1.165) is 12.8 Å². The van der Waals surface area contributed by atoms with Gasteiger partial charge in [0.1, 0.15) is 6.61 Å². The molecule has 0 aliphatic carbocycles. The molecule has 1 aromatic rings. The van der Waals surface area contributed by atoms with Crippen LogP contribution in [0.5, 0.6) is 0 Å². The number of halogens is 1. The van der Waals surface area contributed by atoms with Gasteiger partial charge in [-0.2, -0.15) is 0 Å². The van der Waals surface area contributed by atoms with E-state index in [1.54, 1.807) is 24.3 Å². The van der Waals surface area contributed by atoms with Gasteiger partial charge in [0, 0.05) is 42.6 Å². The number of hydrogen-bond donors (Lipinski definition) is 1. The minimum Gasteiger partial charge on any atom is -0.375 e. The maximum Gasteiger partial charge on any atom is 0.251 e. The van der Waals surface area contributed by atoms with Gasteiger partial charge < -0.3 is 19.7 Å². The molecule has 3 saturated heterocycles. The first-order chi connectivity index (χ1) is 12.5. The zero-order valence-corrected chi connectivity index (χ0v) is 15.5. The summed E-state index contributed by atoms with van der Waals surface area (Å²) in [4.78, 5) is 26.5. The molecule has 2 amide bonds. The number of nitrogens with one attached hydrogen (secondary N) is 1. The topological polar surface area (TPSA) is 67.9 Å². The lowest BCUT2D eigenvalue weighted by molar-refractivity contribution is -0.135. The van der Waals surface area contributed by atoms with E-state index in [-0.39, 0.29) is 42.0 Å². The highest BCUT2D eigenvalue weighted by Gasteiger charge is 2.63. The predicted molar refractivity (Wildman–Crippen MR) is 96.1 cm³/mol. The first-order valence-corrected chi connectivity index (χ1v) is 9.38. The fraction of sp³-hybridized carbons (Fsp3) is 0.579. The van der Waals surface area contributed by atoms with Crippen LogP contribution in [0.1, 0.15) is 23.2 Å². The molecular weight excluding hydrogens is 356 g/mol. The number of carbonyl (C=O) groups is 2. The highest BCUT2D eigenvalue weighted by Crippen LogP contribution is 2.54. The van der Waals surface area contributed by atoms with Gasteiger partial charge in [0.2, 0.25) is 5.91 Å². The first-order valence-electron chi connectivity index (χ1n) is 9.01. The summed E-state index contributed by atoms with van der Waals surface area (Å²) in [7, 11) is 1.53. The van der Waals surface area contributed by atoms with Crippen molar-refractivity contribution in [2.45, 2.75) is 24.5 Å². The van der Waals surface area contributed by atoms with Crippen LogP contribution in [0.4, 0.5) is 0 Å². The van der Waals surface area contributed by atoms with Crippen molar-refractivity contribution < 1.29 is 19.1 Å². The number of rotatable bonds is 5. The van der Waals surface area contributed by atoms with Gasteiger partial charge in [-0.1, -0.05) is 17.7 Å². The standard InChI is InChI=1S/C19H23ClN2O4/c1-25-10-17(23)22-9-15-14(16-5-6-19(15,11-22)26-16)8-21-18(24)12-3-2-4-13(20)7-12/h2-4,7,14-16H,5-6,8-11H2,1H3,(H,21,24)/t14-,15+,16+,19+/m0/s1. The van der Waals surface area contributed by atoms with Crippen molar-refractivity contribution >= 4 is 23.4 Å². The number of nitrogens with zero attached hydrogens (tertiary/aromatic N) is 1. The van der Waals surface area contributed by atoms with Gasteiger partial charge in [-0.3, -0.25) is 9.59 Å². The SMILES string of the molecule is COCC(=O)N1C[C@@H]2[C@H](CNC(=O)c3cccc(Cl)c3)[C@H]3CC[C@]2(C1)O3. The largest absolute Gasteiger partial charge is 0.375 e. The maximum absolute atomic E-state index is 12.4. The molecule has 0 aromatic heterocycles. The van der Waals surface area contributed by atoms with Gasteiger partial charge in [-0.05, 0) is 31.0 Å². The van der Waals surface area contributed by atoms with Crippen LogP contribution in [0.25, 0.3) is 0 Å². The van der Waals surface area contributed by atoms with E-state index in [2.05, 4.69) is 5.32 Å². The average molecular weight is 379 g/mol. The van der Waals surface area contributed by atoms with Crippen LogP contribution in [0.3, 0.4) is 0 Å². The van der Waals surface area contributed by atoms with E-state index in [9.17, 15) is 9.59 Å². The number of hydrogen-bond acceptors (Lipinski definition) is 4. The Morgan fingerprint density at radius 3 is 3.08 bits per heavy atom. The molecule has 4 rings (SSSR count). The van der Waals surface area contributed by atoms with Gasteiger partial charge in [0.15, 0.2) is 0 Å². The molecular formula is C19H23ClN2O4. The number of carbonyl (C=O) groups excluding carboxylic acids is 2. The molecule has 1 spiro atoms. The van der Waals surface area contributed by atoms with E-state index in [4.69, 9.17) is 21.1 Å². The Balaban J connectivity index is 1.42. The first kappa shape index (κ1) is 17.8. The van der Waals surface area contributed by atoms with Crippen molar-refractivity contribution in [2.75, 3.05) is 33.4 Å². The Kier molecular flexibility index (Phi) is 4.67. The van der Waals surface area contributed by atoms with Crippen LogP contribution in [-0.2, 0) is 14.3 Å². The summed E-state index contributed by atoms with van der Waals surface area (Å²) in [6, 6.07) is 6.93. The van der Waals surface area contributed by atoms with Crippen molar-refractivity contribution in [3.63, 3.8) is 0 Å². The number of methoxy groups -OCH3 is 1. The van der Waals surface area contributed by atoms with Crippen molar-refractivity contribution in [1.29, 1.82) is 0 Å². The summed E-state index contributed by atoms with van der Waals surface area (Å²) in [5, 5.41) is 3.57. The molecule has 0 unspecified atom stereocenters. The average Bonchev–Trinajstić information content (AvgIpc) is 3.28. The van der Waals surface area contributed by atoms with Crippen molar-refractivity contribution in [2.24, 2.45) is 11.8 Å². The van der Waals surface area contributed by atoms with Crippen molar-refractivity contribution in [3.05, 3.63) is 34.9 Å². The van der Waals surface area contributed by atoms with E-state index >= 15 is 0 Å². The van der Waals surface area contributed by atoms with Crippen molar-refractivity contribution in [1.82, 2.24) is 10.2 Å². The smallest absolute Gasteiger partial charge is 0.251 e. The number of ether oxygens (including phenoxy) is 2. The molecule has 26 heavy (non-hydrogen) atoms. The quantitative estimate of drug-likeness (QED) is 0.847. The van der Waals surface area contributed by atoms with Gasteiger partial charge in [-0.25, -0.2) is 0 Å². The minimum absolute atomic E-state index is 0.00466. The predicted octanol–water partition coefficient (Wildman–Crippen LogP) is 1.72. The van der Waals surface area contributed by atoms with Gasteiger partial charge >= 0.3 is 0 Å². The fourth-order valence-electron chi connectivity index (χ4n) is 4.81. The van der Waals surface area contributed by atoms with E-state index in [1.165, 1.54) is 7.11 Å². The monoisotopic (exact) mass is 378 g/mol. The van der Waals surface area contributed by atoms with Gasteiger partial charge in [0.25, 0.3) is 5.91 Å². The van der Waals surface area contributed by atoms with E-state index < -0.39 is 0 Å². The van der Waals surface area contributed by atoms with E-state index in [1.807, 2.05) is 4.90 Å². The molecule has 2 bridgehead atoms. The Labute approximate surface area is 157 Å². The Bertz CT molecular complexity index is 727. The highest BCUT2D eigenvalue weighted by atomic mass is 35.5. The summed E-state index contributed by atoms with van der Waals surface area (Å²) >= 11 is 5.96. The molecule has 3 aliphatic rings.